The number of rotatable bonds is 4. The lowest BCUT2D eigenvalue weighted by atomic mass is 9.90. The van der Waals surface area contributed by atoms with Crippen molar-refractivity contribution in [1.29, 1.82) is 0 Å². The molecule has 0 fully saturated rings. The Morgan fingerprint density at radius 2 is 1.52 bits per heavy atom. The van der Waals surface area contributed by atoms with Gasteiger partial charge in [0, 0.05) is 16.7 Å². The Morgan fingerprint density at radius 1 is 0.897 bits per heavy atom. The summed E-state index contributed by atoms with van der Waals surface area (Å²) in [5.74, 6) is -0.711. The lowest BCUT2D eigenvalue weighted by Gasteiger charge is -2.20. The van der Waals surface area contributed by atoms with Gasteiger partial charge < -0.3 is 0 Å². The van der Waals surface area contributed by atoms with E-state index in [1.165, 1.54) is 12.1 Å². The number of hydrogen-bond donors (Lipinski definition) is 1. The lowest BCUT2D eigenvalue weighted by Crippen LogP contribution is -2.31. The number of sulfonamides is 1. The van der Waals surface area contributed by atoms with Crippen molar-refractivity contribution in [3.8, 4) is 11.3 Å². The van der Waals surface area contributed by atoms with Crippen LogP contribution in [0.1, 0.15) is 42.4 Å². The molecule has 0 aliphatic carbocycles. The standard InChI is InChI=1S/C23H24N2O3S/c1-16-10-12-17(13-11-16)21-19(14-15-20(24-21)23(2,3)4)22(26)25-29(27,28)18-8-6-5-7-9-18/h5-15H,1-4H3,(H,25,26). The number of nitrogens with zero attached hydrogens (tertiary/aromatic N) is 1. The van der Waals surface area contributed by atoms with Crippen molar-refractivity contribution in [1.82, 2.24) is 9.71 Å². The Balaban J connectivity index is 2.06. The minimum Gasteiger partial charge on any atom is -0.268 e. The molecule has 1 N–H and O–H groups in total. The number of hydrogen-bond acceptors (Lipinski definition) is 4. The van der Waals surface area contributed by atoms with Crippen LogP contribution in [-0.2, 0) is 15.4 Å². The average molecular weight is 409 g/mol. The van der Waals surface area contributed by atoms with E-state index in [1.807, 2.05) is 52.0 Å². The van der Waals surface area contributed by atoms with Crippen molar-refractivity contribution in [2.75, 3.05) is 0 Å². The fraction of sp³-hybridized carbons (Fsp3) is 0.217. The SMILES string of the molecule is Cc1ccc(-c2nc(C(C)(C)C)ccc2C(=O)NS(=O)(=O)c2ccccc2)cc1. The van der Waals surface area contributed by atoms with Crippen LogP contribution in [0.5, 0.6) is 0 Å². The van der Waals surface area contributed by atoms with Crippen LogP contribution in [0.2, 0.25) is 0 Å². The van der Waals surface area contributed by atoms with E-state index in [1.54, 1.807) is 30.3 Å². The summed E-state index contributed by atoms with van der Waals surface area (Å²) in [5.41, 5.74) is 3.10. The molecule has 3 aromatic rings. The predicted octanol–water partition coefficient (Wildman–Crippen LogP) is 4.47. The van der Waals surface area contributed by atoms with Gasteiger partial charge in [-0.2, -0.15) is 0 Å². The zero-order valence-corrected chi connectivity index (χ0v) is 17.7. The maximum atomic E-state index is 12.9. The van der Waals surface area contributed by atoms with Gasteiger partial charge in [-0.25, -0.2) is 13.1 Å². The number of pyridine rings is 1. The summed E-state index contributed by atoms with van der Waals surface area (Å²) in [6.45, 7) is 8.08. The third-order valence-corrected chi connectivity index (χ3v) is 5.86. The monoisotopic (exact) mass is 408 g/mol. The first-order valence-corrected chi connectivity index (χ1v) is 10.8. The number of nitrogens with one attached hydrogen (secondary N) is 1. The quantitative estimate of drug-likeness (QED) is 0.691. The summed E-state index contributed by atoms with van der Waals surface area (Å²) in [7, 11) is -3.98. The van der Waals surface area contributed by atoms with Gasteiger partial charge in [0.15, 0.2) is 0 Å². The molecule has 0 aliphatic rings. The molecule has 0 aliphatic heterocycles. The summed E-state index contributed by atoms with van der Waals surface area (Å²) in [4.78, 5) is 17.7. The average Bonchev–Trinajstić information content (AvgIpc) is 2.68. The first kappa shape index (κ1) is 20.7. The molecule has 1 aromatic heterocycles. The number of amides is 1. The number of aryl methyl sites for hydroxylation is 1. The van der Waals surface area contributed by atoms with Crippen LogP contribution >= 0.6 is 0 Å². The Morgan fingerprint density at radius 3 is 2.10 bits per heavy atom. The molecular weight excluding hydrogens is 384 g/mol. The number of aromatic nitrogens is 1. The molecule has 2 aromatic carbocycles. The normalized spacial score (nSPS) is 11.9. The first-order chi connectivity index (χ1) is 13.6. The first-order valence-electron chi connectivity index (χ1n) is 9.29. The summed E-state index contributed by atoms with van der Waals surface area (Å²) in [6.07, 6.45) is 0. The van der Waals surface area contributed by atoms with Gasteiger partial charge in [0.2, 0.25) is 0 Å². The highest BCUT2D eigenvalue weighted by atomic mass is 32.2. The van der Waals surface area contributed by atoms with E-state index in [4.69, 9.17) is 4.98 Å². The van der Waals surface area contributed by atoms with Gasteiger partial charge in [0.05, 0.1) is 16.2 Å². The Kier molecular flexibility index (Phi) is 5.57. The topological polar surface area (TPSA) is 76.1 Å². The molecule has 0 unspecified atom stereocenters. The van der Waals surface area contributed by atoms with E-state index in [0.29, 0.717) is 5.69 Å². The van der Waals surface area contributed by atoms with Crippen LogP contribution in [0.25, 0.3) is 11.3 Å². The van der Waals surface area contributed by atoms with E-state index in [9.17, 15) is 13.2 Å². The van der Waals surface area contributed by atoms with Gasteiger partial charge in [0.25, 0.3) is 15.9 Å². The van der Waals surface area contributed by atoms with Crippen LogP contribution in [0.4, 0.5) is 0 Å². The molecule has 3 rings (SSSR count). The van der Waals surface area contributed by atoms with Crippen LogP contribution in [-0.4, -0.2) is 19.3 Å². The molecular formula is C23H24N2O3S. The van der Waals surface area contributed by atoms with Gasteiger partial charge in [-0.1, -0.05) is 68.8 Å². The second-order valence-corrected chi connectivity index (χ2v) is 9.64. The van der Waals surface area contributed by atoms with Crippen molar-refractivity contribution in [2.24, 2.45) is 0 Å². The van der Waals surface area contributed by atoms with Crippen molar-refractivity contribution < 1.29 is 13.2 Å². The smallest absolute Gasteiger partial charge is 0.267 e. The Bertz CT molecular complexity index is 1130. The van der Waals surface area contributed by atoms with Crippen LogP contribution in [0, 0.1) is 6.92 Å². The molecule has 0 saturated heterocycles. The largest absolute Gasteiger partial charge is 0.268 e. The van der Waals surface area contributed by atoms with Crippen LogP contribution in [0.3, 0.4) is 0 Å². The highest BCUT2D eigenvalue weighted by molar-refractivity contribution is 7.90. The zero-order chi connectivity index (χ0) is 21.2. The van der Waals surface area contributed by atoms with Gasteiger partial charge in [-0.05, 0) is 31.2 Å². The molecule has 0 saturated carbocycles. The second-order valence-electron chi connectivity index (χ2n) is 7.96. The lowest BCUT2D eigenvalue weighted by molar-refractivity contribution is 0.0981. The summed E-state index contributed by atoms with van der Waals surface area (Å²) >= 11 is 0. The van der Waals surface area contributed by atoms with Crippen molar-refractivity contribution in [2.45, 2.75) is 38.0 Å². The third kappa shape index (κ3) is 4.71. The van der Waals surface area contributed by atoms with Crippen molar-refractivity contribution >= 4 is 15.9 Å². The number of carbonyl (C=O) groups is 1. The molecule has 29 heavy (non-hydrogen) atoms. The highest BCUT2D eigenvalue weighted by Gasteiger charge is 2.24. The van der Waals surface area contributed by atoms with E-state index < -0.39 is 15.9 Å². The number of carbonyl (C=O) groups excluding carboxylic acids is 1. The fourth-order valence-electron chi connectivity index (χ4n) is 2.83. The molecule has 0 atom stereocenters. The van der Waals surface area contributed by atoms with Gasteiger partial charge in [-0.15, -0.1) is 0 Å². The Hall–Kier alpha value is -2.99. The van der Waals surface area contributed by atoms with Crippen LogP contribution in [0.15, 0.2) is 71.6 Å². The molecule has 1 heterocycles. The second kappa shape index (κ2) is 7.79. The zero-order valence-electron chi connectivity index (χ0n) is 16.9. The van der Waals surface area contributed by atoms with E-state index in [0.717, 1.165) is 16.8 Å². The molecule has 0 radical (unpaired) electrons. The van der Waals surface area contributed by atoms with Gasteiger partial charge in [-0.3, -0.25) is 9.78 Å². The summed E-state index contributed by atoms with van der Waals surface area (Å²) < 4.78 is 27.3. The minimum absolute atomic E-state index is 0.0320. The van der Waals surface area contributed by atoms with E-state index >= 15 is 0 Å². The minimum atomic E-state index is -3.98. The maximum absolute atomic E-state index is 12.9. The number of benzene rings is 2. The molecule has 1 amide bonds. The third-order valence-electron chi connectivity index (χ3n) is 4.51. The Labute approximate surface area is 171 Å². The fourth-order valence-corrected chi connectivity index (χ4v) is 3.81. The van der Waals surface area contributed by atoms with E-state index in [-0.39, 0.29) is 15.9 Å². The van der Waals surface area contributed by atoms with Gasteiger partial charge >= 0.3 is 0 Å². The molecule has 5 nitrogen and oxygen atoms in total. The van der Waals surface area contributed by atoms with Crippen molar-refractivity contribution in [3.63, 3.8) is 0 Å². The molecule has 0 spiro atoms. The maximum Gasteiger partial charge on any atom is 0.267 e. The highest BCUT2D eigenvalue weighted by Crippen LogP contribution is 2.28. The summed E-state index contributed by atoms with van der Waals surface area (Å²) in [6, 6.07) is 18.8. The molecule has 6 heteroatoms. The van der Waals surface area contributed by atoms with Crippen molar-refractivity contribution in [3.05, 3.63) is 83.6 Å². The van der Waals surface area contributed by atoms with Gasteiger partial charge in [0.1, 0.15) is 0 Å². The molecule has 0 bridgehead atoms. The summed E-state index contributed by atoms with van der Waals surface area (Å²) in [5, 5.41) is 0. The molecule has 150 valence electrons. The van der Waals surface area contributed by atoms with E-state index in [2.05, 4.69) is 4.72 Å². The van der Waals surface area contributed by atoms with Crippen LogP contribution < -0.4 is 4.72 Å². The predicted molar refractivity (Wildman–Crippen MR) is 114 cm³/mol.